The largest absolute Gasteiger partial charge is 0.494 e. The van der Waals surface area contributed by atoms with Gasteiger partial charge in [-0.1, -0.05) is 26.1 Å². The highest BCUT2D eigenvalue weighted by molar-refractivity contribution is 7.90. The smallest absolute Gasteiger partial charge is 0.175 e. The maximum absolute atomic E-state index is 11.3. The zero-order chi connectivity index (χ0) is 15.4. The molecule has 1 aromatic rings. The number of benzene rings is 1. The maximum Gasteiger partial charge on any atom is 0.175 e. The molecule has 0 amide bonds. The molecular formula is C14H21NO3S2. The van der Waals surface area contributed by atoms with Crippen LogP contribution in [0.5, 0.6) is 5.75 Å². The number of rotatable bonds is 7. The molecule has 0 bridgehead atoms. The Morgan fingerprint density at radius 2 is 1.85 bits per heavy atom. The Bertz CT molecular complexity index is 563. The first-order valence-electron chi connectivity index (χ1n) is 6.36. The van der Waals surface area contributed by atoms with E-state index in [2.05, 4.69) is 0 Å². The van der Waals surface area contributed by atoms with Gasteiger partial charge in [-0.25, -0.2) is 8.42 Å². The summed E-state index contributed by atoms with van der Waals surface area (Å²) in [4.78, 5) is 0.800. The molecule has 0 aliphatic heterocycles. The SMILES string of the molecule is CC(C)(CCCOc1ccc(S(C)(=O)=O)cc1)C(N)=S. The van der Waals surface area contributed by atoms with Crippen LogP contribution in [-0.2, 0) is 9.84 Å². The summed E-state index contributed by atoms with van der Waals surface area (Å²) >= 11 is 5.00. The summed E-state index contributed by atoms with van der Waals surface area (Å²) in [6.07, 6.45) is 2.86. The van der Waals surface area contributed by atoms with Crippen LogP contribution < -0.4 is 10.5 Å². The molecule has 0 fully saturated rings. The topological polar surface area (TPSA) is 69.4 Å². The summed E-state index contributed by atoms with van der Waals surface area (Å²) in [5.74, 6) is 0.658. The maximum atomic E-state index is 11.3. The third-order valence-electron chi connectivity index (χ3n) is 3.13. The van der Waals surface area contributed by atoms with Crippen LogP contribution in [0.1, 0.15) is 26.7 Å². The van der Waals surface area contributed by atoms with Gasteiger partial charge in [-0.3, -0.25) is 0 Å². The van der Waals surface area contributed by atoms with Gasteiger partial charge in [0.25, 0.3) is 0 Å². The third kappa shape index (κ3) is 5.09. The molecule has 4 nitrogen and oxygen atoms in total. The average molecular weight is 315 g/mol. The van der Waals surface area contributed by atoms with Crippen LogP contribution in [0.2, 0.25) is 0 Å². The molecule has 1 rings (SSSR count). The van der Waals surface area contributed by atoms with Crippen molar-refractivity contribution in [2.45, 2.75) is 31.6 Å². The van der Waals surface area contributed by atoms with Crippen LogP contribution in [0.25, 0.3) is 0 Å². The van der Waals surface area contributed by atoms with Crippen LogP contribution >= 0.6 is 12.2 Å². The molecule has 0 aromatic heterocycles. The zero-order valence-electron chi connectivity index (χ0n) is 12.0. The molecule has 0 aliphatic carbocycles. The minimum atomic E-state index is -3.16. The van der Waals surface area contributed by atoms with Gasteiger partial charge in [0.2, 0.25) is 0 Å². The summed E-state index contributed by atoms with van der Waals surface area (Å²) in [6.45, 7) is 4.57. The number of ether oxygens (including phenoxy) is 1. The number of thiocarbonyl (C=S) groups is 1. The van der Waals surface area contributed by atoms with Gasteiger partial charge >= 0.3 is 0 Å². The standard InChI is InChI=1S/C14H21NO3S2/c1-14(2,13(15)19)9-4-10-18-11-5-7-12(8-6-11)20(3,16)17/h5-8H,4,9-10H2,1-3H3,(H2,15,19). The van der Waals surface area contributed by atoms with E-state index < -0.39 is 9.84 Å². The molecule has 0 heterocycles. The second kappa shape index (κ2) is 6.54. The van der Waals surface area contributed by atoms with E-state index in [0.717, 1.165) is 12.8 Å². The Morgan fingerprint density at radius 1 is 1.30 bits per heavy atom. The van der Waals surface area contributed by atoms with Gasteiger partial charge in [-0.05, 0) is 37.1 Å². The van der Waals surface area contributed by atoms with Crippen LogP contribution in [0, 0.1) is 5.41 Å². The van der Waals surface area contributed by atoms with Crippen molar-refractivity contribution < 1.29 is 13.2 Å². The van der Waals surface area contributed by atoms with Crippen molar-refractivity contribution in [3.63, 3.8) is 0 Å². The third-order valence-corrected chi connectivity index (χ3v) is 4.81. The van der Waals surface area contributed by atoms with Gasteiger partial charge in [-0.2, -0.15) is 0 Å². The summed E-state index contributed by atoms with van der Waals surface area (Å²) in [7, 11) is -3.16. The first-order chi connectivity index (χ1) is 9.13. The van der Waals surface area contributed by atoms with E-state index in [1.807, 2.05) is 13.8 Å². The zero-order valence-corrected chi connectivity index (χ0v) is 13.7. The Morgan fingerprint density at radius 3 is 2.30 bits per heavy atom. The first-order valence-corrected chi connectivity index (χ1v) is 8.66. The Hall–Kier alpha value is -1.14. The van der Waals surface area contributed by atoms with E-state index in [-0.39, 0.29) is 5.41 Å². The lowest BCUT2D eigenvalue weighted by molar-refractivity contribution is 0.287. The van der Waals surface area contributed by atoms with Crippen LogP contribution in [0.3, 0.4) is 0 Å². The predicted molar refractivity (Wildman–Crippen MR) is 84.8 cm³/mol. The molecule has 0 aliphatic rings. The second-order valence-electron chi connectivity index (χ2n) is 5.44. The van der Waals surface area contributed by atoms with Crippen molar-refractivity contribution in [1.82, 2.24) is 0 Å². The van der Waals surface area contributed by atoms with E-state index in [9.17, 15) is 8.42 Å². The van der Waals surface area contributed by atoms with Crippen molar-refractivity contribution in [3.8, 4) is 5.75 Å². The molecule has 20 heavy (non-hydrogen) atoms. The summed E-state index contributed by atoms with van der Waals surface area (Å²) < 4.78 is 28.2. The molecule has 6 heteroatoms. The monoisotopic (exact) mass is 315 g/mol. The number of nitrogens with two attached hydrogens (primary N) is 1. The van der Waals surface area contributed by atoms with E-state index in [1.165, 1.54) is 6.26 Å². The quantitative estimate of drug-likeness (QED) is 0.618. The van der Waals surface area contributed by atoms with Crippen molar-refractivity contribution >= 4 is 27.0 Å². The van der Waals surface area contributed by atoms with Gasteiger partial charge in [0, 0.05) is 11.7 Å². The van der Waals surface area contributed by atoms with E-state index in [0.29, 0.717) is 22.2 Å². The fourth-order valence-electron chi connectivity index (χ4n) is 1.61. The number of hydrogen-bond donors (Lipinski definition) is 1. The first kappa shape index (κ1) is 16.9. The van der Waals surface area contributed by atoms with Gasteiger partial charge in [0.1, 0.15) is 5.75 Å². The Kier molecular flexibility index (Phi) is 5.53. The van der Waals surface area contributed by atoms with E-state index >= 15 is 0 Å². The molecule has 0 unspecified atom stereocenters. The normalized spacial score (nSPS) is 12.2. The van der Waals surface area contributed by atoms with Crippen molar-refractivity contribution in [1.29, 1.82) is 0 Å². The van der Waals surface area contributed by atoms with Crippen LogP contribution in [0.4, 0.5) is 0 Å². The molecule has 0 spiro atoms. The highest BCUT2D eigenvalue weighted by Crippen LogP contribution is 2.23. The predicted octanol–water partition coefficient (Wildman–Crippen LogP) is 2.56. The van der Waals surface area contributed by atoms with Gasteiger partial charge in [-0.15, -0.1) is 0 Å². The molecular weight excluding hydrogens is 294 g/mol. The summed E-state index contributed by atoms with van der Waals surface area (Å²) in [5.41, 5.74) is 5.49. The lowest BCUT2D eigenvalue weighted by atomic mass is 9.88. The minimum absolute atomic E-state index is 0.168. The van der Waals surface area contributed by atoms with Crippen LogP contribution in [-0.4, -0.2) is 26.3 Å². The molecule has 0 saturated carbocycles. The molecule has 112 valence electrons. The fraction of sp³-hybridized carbons (Fsp3) is 0.500. The van der Waals surface area contributed by atoms with Crippen molar-refractivity contribution in [3.05, 3.63) is 24.3 Å². The minimum Gasteiger partial charge on any atom is -0.494 e. The van der Waals surface area contributed by atoms with Gasteiger partial charge in [0.05, 0.1) is 16.5 Å². The number of sulfone groups is 1. The summed E-state index contributed by atoms with van der Waals surface area (Å²) in [6, 6.07) is 6.41. The fourth-order valence-corrected chi connectivity index (χ4v) is 2.34. The molecule has 1 aromatic carbocycles. The van der Waals surface area contributed by atoms with E-state index in [4.69, 9.17) is 22.7 Å². The van der Waals surface area contributed by atoms with E-state index in [1.54, 1.807) is 24.3 Å². The van der Waals surface area contributed by atoms with Gasteiger partial charge in [0.15, 0.2) is 9.84 Å². The lowest BCUT2D eigenvalue weighted by Gasteiger charge is -2.22. The Labute approximate surface area is 126 Å². The van der Waals surface area contributed by atoms with Crippen molar-refractivity contribution in [2.24, 2.45) is 11.1 Å². The molecule has 0 radical (unpaired) electrons. The van der Waals surface area contributed by atoms with Gasteiger partial charge < -0.3 is 10.5 Å². The molecule has 2 N–H and O–H groups in total. The molecule has 0 atom stereocenters. The average Bonchev–Trinajstić information content (AvgIpc) is 2.34. The van der Waals surface area contributed by atoms with Crippen molar-refractivity contribution in [2.75, 3.05) is 12.9 Å². The highest BCUT2D eigenvalue weighted by Gasteiger charge is 2.20. The second-order valence-corrected chi connectivity index (χ2v) is 7.90. The highest BCUT2D eigenvalue weighted by atomic mass is 32.2. The number of hydrogen-bond acceptors (Lipinski definition) is 4. The lowest BCUT2D eigenvalue weighted by Crippen LogP contribution is -2.30. The Balaban J connectivity index is 2.46. The summed E-state index contributed by atoms with van der Waals surface area (Å²) in [5, 5.41) is 0. The van der Waals surface area contributed by atoms with Crippen LogP contribution in [0.15, 0.2) is 29.2 Å². The molecule has 0 saturated heterocycles.